The highest BCUT2D eigenvalue weighted by Crippen LogP contribution is 2.37. The number of hydrogen-bond acceptors (Lipinski definition) is 5. The van der Waals surface area contributed by atoms with Crippen LogP contribution in [-0.4, -0.2) is 51.4 Å². The molecule has 2 aromatic heterocycles. The molecule has 1 aromatic carbocycles. The Morgan fingerprint density at radius 2 is 1.84 bits per heavy atom. The fourth-order valence-corrected chi connectivity index (χ4v) is 3.74. The Balaban J connectivity index is 0.000000604. The van der Waals surface area contributed by atoms with E-state index < -0.39 is 18.1 Å². The van der Waals surface area contributed by atoms with Gasteiger partial charge in [0.15, 0.2) is 0 Å². The zero-order chi connectivity index (χ0) is 27.6. The molecule has 0 bridgehead atoms. The number of aromatic amines is 1. The zero-order valence-corrected chi connectivity index (χ0v) is 20.9. The Bertz CT molecular complexity index is 1160. The van der Waals surface area contributed by atoms with Crippen LogP contribution in [0.2, 0.25) is 0 Å². The second kappa shape index (κ2) is 13.0. The monoisotopic (exact) mass is 523 g/mol. The van der Waals surface area contributed by atoms with Crippen molar-refractivity contribution in [3.8, 4) is 5.75 Å². The average Bonchev–Trinajstić information content (AvgIpc) is 3.21. The lowest BCUT2D eigenvalue weighted by molar-refractivity contribution is -0.192. The van der Waals surface area contributed by atoms with Gasteiger partial charge in [0.05, 0.1) is 13.0 Å². The maximum Gasteiger partial charge on any atom is 0.490 e. The third-order valence-corrected chi connectivity index (χ3v) is 5.21. The van der Waals surface area contributed by atoms with Crippen molar-refractivity contribution in [2.24, 2.45) is 5.41 Å². The quantitative estimate of drug-likeness (QED) is 0.238. The molecular weight excluding hydrogens is 491 g/mol. The predicted octanol–water partition coefficient (Wildman–Crippen LogP) is 6.07. The number of carboxylic acids is 2. The molecule has 37 heavy (non-hydrogen) atoms. The van der Waals surface area contributed by atoms with Gasteiger partial charge in [-0.05, 0) is 54.0 Å². The van der Waals surface area contributed by atoms with E-state index in [1.54, 1.807) is 6.20 Å². The first-order valence-corrected chi connectivity index (χ1v) is 11.7. The van der Waals surface area contributed by atoms with Gasteiger partial charge in [-0.15, -0.1) is 0 Å². The second-order valence-corrected chi connectivity index (χ2v) is 9.66. The molecule has 3 rings (SSSR count). The summed E-state index contributed by atoms with van der Waals surface area (Å²) < 4.78 is 37.6. The number of anilines is 1. The highest BCUT2D eigenvalue weighted by Gasteiger charge is 2.38. The summed E-state index contributed by atoms with van der Waals surface area (Å²) in [6.07, 6.45) is 0.433. The van der Waals surface area contributed by atoms with Crippen molar-refractivity contribution < 1.29 is 37.7 Å². The molecule has 0 aliphatic rings. The summed E-state index contributed by atoms with van der Waals surface area (Å²) in [5, 5.41) is 20.8. The molecule has 3 aromatic rings. The minimum atomic E-state index is -5.08. The van der Waals surface area contributed by atoms with Gasteiger partial charge in [0.25, 0.3) is 0 Å². The lowest BCUT2D eigenvalue weighted by Crippen LogP contribution is -2.21. The number of nitrogens with one attached hydrogen (secondary N) is 2. The Morgan fingerprint density at radius 3 is 2.41 bits per heavy atom. The first-order valence-electron chi connectivity index (χ1n) is 11.7. The third kappa shape index (κ3) is 10.4. The highest BCUT2D eigenvalue weighted by molar-refractivity contribution is 5.85. The minimum Gasteiger partial charge on any atom is -0.493 e. The van der Waals surface area contributed by atoms with Crippen molar-refractivity contribution in [1.29, 1.82) is 0 Å². The number of fused-ring (bicyclic) bond motifs is 1. The van der Waals surface area contributed by atoms with E-state index in [4.69, 9.17) is 14.6 Å². The van der Waals surface area contributed by atoms with E-state index in [0.717, 1.165) is 47.4 Å². The van der Waals surface area contributed by atoms with Crippen LogP contribution >= 0.6 is 0 Å². The molecule has 0 aliphatic heterocycles. The third-order valence-electron chi connectivity index (χ3n) is 5.21. The van der Waals surface area contributed by atoms with Crippen LogP contribution in [0.15, 0.2) is 48.8 Å². The molecule has 1 unspecified atom stereocenters. The van der Waals surface area contributed by atoms with Gasteiger partial charge in [-0.1, -0.05) is 26.8 Å². The lowest BCUT2D eigenvalue weighted by Gasteiger charge is -2.25. The van der Waals surface area contributed by atoms with Crippen LogP contribution in [0.1, 0.15) is 51.5 Å². The van der Waals surface area contributed by atoms with Crippen molar-refractivity contribution in [1.82, 2.24) is 9.97 Å². The topological polar surface area (TPSA) is 125 Å². The van der Waals surface area contributed by atoms with Crippen molar-refractivity contribution in [3.63, 3.8) is 0 Å². The van der Waals surface area contributed by atoms with Crippen LogP contribution < -0.4 is 10.1 Å². The van der Waals surface area contributed by atoms with E-state index in [1.165, 1.54) is 0 Å². The fourth-order valence-electron chi connectivity index (χ4n) is 3.74. The summed E-state index contributed by atoms with van der Waals surface area (Å²) in [4.78, 5) is 27.8. The number of pyridine rings is 1. The largest absolute Gasteiger partial charge is 0.493 e. The Kier molecular flexibility index (Phi) is 10.3. The number of H-pyrrole nitrogens is 1. The van der Waals surface area contributed by atoms with Gasteiger partial charge < -0.3 is 25.3 Å². The number of aromatic nitrogens is 2. The summed E-state index contributed by atoms with van der Waals surface area (Å²) in [5.74, 6) is -1.88. The maximum absolute atomic E-state index is 11.4. The molecule has 1 atom stereocenters. The number of halogens is 3. The van der Waals surface area contributed by atoms with Gasteiger partial charge in [-0.25, -0.2) is 9.78 Å². The number of benzene rings is 1. The number of alkyl halides is 3. The van der Waals surface area contributed by atoms with Crippen LogP contribution in [0.3, 0.4) is 0 Å². The Morgan fingerprint density at radius 1 is 1.14 bits per heavy atom. The Hall–Kier alpha value is -3.76. The summed E-state index contributed by atoms with van der Waals surface area (Å²) >= 11 is 0. The number of aliphatic carboxylic acids is 2. The van der Waals surface area contributed by atoms with E-state index in [9.17, 15) is 23.1 Å². The number of hydrogen-bond donors (Lipinski definition) is 4. The van der Waals surface area contributed by atoms with Crippen LogP contribution in [0.4, 0.5) is 19.0 Å². The van der Waals surface area contributed by atoms with Gasteiger partial charge in [0.1, 0.15) is 11.6 Å². The van der Waals surface area contributed by atoms with Crippen LogP contribution in [0.25, 0.3) is 10.9 Å². The fraction of sp³-hybridized carbons (Fsp3) is 0.423. The summed E-state index contributed by atoms with van der Waals surface area (Å²) in [5.41, 5.74) is 2.09. The summed E-state index contributed by atoms with van der Waals surface area (Å²) in [7, 11) is 0. The molecule has 11 heteroatoms. The highest BCUT2D eigenvalue weighted by atomic mass is 19.4. The lowest BCUT2D eigenvalue weighted by atomic mass is 9.80. The van der Waals surface area contributed by atoms with Gasteiger partial charge in [0.2, 0.25) is 0 Å². The molecule has 202 valence electrons. The van der Waals surface area contributed by atoms with Crippen LogP contribution in [-0.2, 0) is 9.59 Å². The number of nitrogens with zero attached hydrogens (tertiary/aromatic N) is 1. The Labute approximate surface area is 212 Å². The van der Waals surface area contributed by atoms with Crippen molar-refractivity contribution >= 4 is 28.7 Å². The van der Waals surface area contributed by atoms with E-state index in [-0.39, 0.29) is 17.8 Å². The van der Waals surface area contributed by atoms with Crippen molar-refractivity contribution in [3.05, 3.63) is 54.4 Å². The van der Waals surface area contributed by atoms with Gasteiger partial charge in [0, 0.05) is 35.9 Å². The molecular formula is C26H32F3N3O5. The molecule has 0 amide bonds. The van der Waals surface area contributed by atoms with E-state index in [0.29, 0.717) is 6.61 Å². The van der Waals surface area contributed by atoms with E-state index in [1.807, 2.05) is 42.6 Å². The SMILES string of the molecule is CC(C)(C)CC(CC(=O)O)c1c[nH]c2cc(OCCCNc3ccccn3)ccc12.O=C(O)C(F)(F)F. The molecule has 2 heterocycles. The first-order chi connectivity index (χ1) is 17.3. The molecule has 4 N–H and O–H groups in total. The molecule has 0 aliphatic carbocycles. The normalized spacial score (nSPS) is 12.4. The van der Waals surface area contributed by atoms with E-state index in [2.05, 4.69) is 36.1 Å². The molecule has 0 fully saturated rings. The molecule has 0 radical (unpaired) electrons. The molecule has 0 spiro atoms. The number of carbonyl (C=O) groups is 2. The average molecular weight is 524 g/mol. The van der Waals surface area contributed by atoms with Crippen molar-refractivity contribution in [2.75, 3.05) is 18.5 Å². The van der Waals surface area contributed by atoms with Gasteiger partial charge in [-0.2, -0.15) is 13.2 Å². The maximum atomic E-state index is 11.4. The first kappa shape index (κ1) is 29.5. The van der Waals surface area contributed by atoms with Crippen LogP contribution in [0.5, 0.6) is 5.75 Å². The van der Waals surface area contributed by atoms with Gasteiger partial charge >= 0.3 is 18.1 Å². The van der Waals surface area contributed by atoms with Gasteiger partial charge in [-0.3, -0.25) is 4.79 Å². The minimum absolute atomic E-state index is 0.0271. The summed E-state index contributed by atoms with van der Waals surface area (Å²) in [6, 6.07) is 11.8. The van der Waals surface area contributed by atoms with Crippen molar-refractivity contribution in [2.45, 2.75) is 52.1 Å². The standard InChI is InChI=1S/C24H31N3O3.C2HF3O2/c1-24(2,3)15-17(13-23(28)29)20-16-27-21-14-18(8-9-19(20)21)30-12-6-11-26-22-7-4-5-10-25-22;3-2(4,5)1(6)7/h4-5,7-10,14,16-17,27H,6,11-13,15H2,1-3H3,(H,25,26)(H,28,29);(H,6,7). The summed E-state index contributed by atoms with van der Waals surface area (Å²) in [6.45, 7) is 7.82. The molecule has 0 saturated heterocycles. The zero-order valence-electron chi connectivity index (χ0n) is 20.9. The number of carboxylic acid groups (broad SMARTS) is 2. The molecule has 8 nitrogen and oxygen atoms in total. The van der Waals surface area contributed by atoms with E-state index >= 15 is 0 Å². The second-order valence-electron chi connectivity index (χ2n) is 9.66. The number of ether oxygens (including phenoxy) is 1. The molecule has 0 saturated carbocycles. The predicted molar refractivity (Wildman–Crippen MR) is 134 cm³/mol. The smallest absolute Gasteiger partial charge is 0.490 e. The number of rotatable bonds is 10. The van der Waals surface area contributed by atoms with Crippen LogP contribution in [0, 0.1) is 5.41 Å².